The summed E-state index contributed by atoms with van der Waals surface area (Å²) in [7, 11) is 0. The Morgan fingerprint density at radius 1 is 1.22 bits per heavy atom. The van der Waals surface area contributed by atoms with Crippen molar-refractivity contribution >= 4 is 21.9 Å². The number of nitrogens with zero attached hydrogens (tertiary/aromatic N) is 2. The molecule has 1 aromatic heterocycles. The molecule has 0 aliphatic carbocycles. The fourth-order valence-corrected chi connectivity index (χ4v) is 1.78. The van der Waals surface area contributed by atoms with E-state index in [1.54, 1.807) is 0 Å². The molecule has 4 nitrogen and oxygen atoms in total. The maximum Gasteiger partial charge on any atom is 0.338 e. The molecule has 1 aromatic carbocycles. The smallest absolute Gasteiger partial charge is 0.338 e. The van der Waals surface area contributed by atoms with E-state index in [0.717, 1.165) is 18.5 Å². The third-order valence-corrected chi connectivity index (χ3v) is 2.95. The fraction of sp³-hybridized carbons (Fsp3) is 0. The standard InChI is InChI=1S/C11H5BrF2N2O2/c12-8-6(1-2-7(13)9(8)14)10-15-3-5(4-16-10)11(17)18/h1-4H,(H,17,18). The van der Waals surface area contributed by atoms with E-state index in [9.17, 15) is 13.6 Å². The number of aromatic carboxylic acids is 1. The molecule has 1 heterocycles. The number of carboxylic acid groups (broad SMARTS) is 1. The van der Waals surface area contributed by atoms with Crippen LogP contribution in [0.3, 0.4) is 0 Å². The molecule has 18 heavy (non-hydrogen) atoms. The van der Waals surface area contributed by atoms with E-state index in [1.807, 2.05) is 0 Å². The highest BCUT2D eigenvalue weighted by Gasteiger charge is 2.14. The van der Waals surface area contributed by atoms with Gasteiger partial charge >= 0.3 is 5.97 Å². The molecule has 92 valence electrons. The van der Waals surface area contributed by atoms with Gasteiger partial charge in [0.05, 0.1) is 10.0 Å². The number of carbonyl (C=O) groups is 1. The second-order valence-electron chi connectivity index (χ2n) is 3.32. The summed E-state index contributed by atoms with van der Waals surface area (Å²) in [5.41, 5.74) is 0.156. The van der Waals surface area contributed by atoms with Gasteiger partial charge in [-0.2, -0.15) is 0 Å². The number of carboxylic acids is 1. The average Bonchev–Trinajstić information content (AvgIpc) is 2.36. The largest absolute Gasteiger partial charge is 0.478 e. The maximum atomic E-state index is 13.3. The van der Waals surface area contributed by atoms with Crippen LogP contribution in [0.2, 0.25) is 0 Å². The van der Waals surface area contributed by atoms with Gasteiger partial charge in [-0.15, -0.1) is 0 Å². The van der Waals surface area contributed by atoms with Crippen LogP contribution in [0.15, 0.2) is 29.0 Å². The highest BCUT2D eigenvalue weighted by Crippen LogP contribution is 2.29. The maximum absolute atomic E-state index is 13.3. The molecule has 2 rings (SSSR count). The lowest BCUT2D eigenvalue weighted by Crippen LogP contribution is -2.00. The van der Waals surface area contributed by atoms with Crippen molar-refractivity contribution in [3.63, 3.8) is 0 Å². The molecule has 7 heteroatoms. The van der Waals surface area contributed by atoms with Gasteiger partial charge in [0.1, 0.15) is 0 Å². The van der Waals surface area contributed by atoms with Crippen LogP contribution in [0.25, 0.3) is 11.4 Å². The Morgan fingerprint density at radius 3 is 2.39 bits per heavy atom. The zero-order chi connectivity index (χ0) is 13.3. The monoisotopic (exact) mass is 314 g/mol. The minimum atomic E-state index is -1.16. The van der Waals surface area contributed by atoms with Crippen molar-refractivity contribution in [1.82, 2.24) is 9.97 Å². The van der Waals surface area contributed by atoms with Crippen molar-refractivity contribution in [3.05, 3.63) is 46.2 Å². The summed E-state index contributed by atoms with van der Waals surface area (Å²) in [6.07, 6.45) is 2.19. The van der Waals surface area contributed by atoms with Gasteiger partial charge < -0.3 is 5.11 Å². The Bertz CT molecular complexity index is 617. The summed E-state index contributed by atoms with van der Waals surface area (Å²) < 4.78 is 26.1. The molecule has 2 aromatic rings. The Kier molecular flexibility index (Phi) is 3.33. The van der Waals surface area contributed by atoms with Gasteiger partial charge in [0, 0.05) is 18.0 Å². The van der Waals surface area contributed by atoms with Crippen molar-refractivity contribution in [1.29, 1.82) is 0 Å². The molecule has 0 aliphatic heterocycles. The Morgan fingerprint density at radius 2 is 1.83 bits per heavy atom. The van der Waals surface area contributed by atoms with Crippen LogP contribution in [0, 0.1) is 11.6 Å². The van der Waals surface area contributed by atoms with Crippen molar-refractivity contribution < 1.29 is 18.7 Å². The van der Waals surface area contributed by atoms with Crippen LogP contribution >= 0.6 is 15.9 Å². The van der Waals surface area contributed by atoms with E-state index < -0.39 is 17.6 Å². The summed E-state index contributed by atoms with van der Waals surface area (Å²) in [4.78, 5) is 18.2. The first-order valence-electron chi connectivity index (χ1n) is 4.70. The Hall–Kier alpha value is -1.89. The van der Waals surface area contributed by atoms with Crippen LogP contribution in [0.1, 0.15) is 10.4 Å². The first kappa shape index (κ1) is 12.6. The van der Waals surface area contributed by atoms with Crippen molar-refractivity contribution in [2.24, 2.45) is 0 Å². The van der Waals surface area contributed by atoms with Gasteiger partial charge in [-0.3, -0.25) is 0 Å². The van der Waals surface area contributed by atoms with E-state index in [4.69, 9.17) is 5.11 Å². The third-order valence-electron chi connectivity index (χ3n) is 2.17. The number of halogens is 3. The van der Waals surface area contributed by atoms with Crippen molar-refractivity contribution in [3.8, 4) is 11.4 Å². The second-order valence-corrected chi connectivity index (χ2v) is 4.12. The zero-order valence-electron chi connectivity index (χ0n) is 8.69. The fourth-order valence-electron chi connectivity index (χ4n) is 1.28. The predicted molar refractivity (Wildman–Crippen MR) is 62.0 cm³/mol. The summed E-state index contributed by atoms with van der Waals surface area (Å²) in [5.74, 6) is -3.09. The first-order valence-corrected chi connectivity index (χ1v) is 5.49. The number of rotatable bonds is 2. The van der Waals surface area contributed by atoms with Crippen LogP contribution < -0.4 is 0 Å². The number of hydrogen-bond acceptors (Lipinski definition) is 3. The SMILES string of the molecule is O=C(O)c1cnc(-c2ccc(F)c(F)c2Br)nc1. The topological polar surface area (TPSA) is 63.1 Å². The van der Waals surface area contributed by atoms with Gasteiger partial charge in [-0.1, -0.05) is 0 Å². The van der Waals surface area contributed by atoms with Gasteiger partial charge in [-0.05, 0) is 28.1 Å². The third kappa shape index (κ3) is 2.21. The number of benzene rings is 1. The predicted octanol–water partition coefficient (Wildman–Crippen LogP) is 2.88. The minimum Gasteiger partial charge on any atom is -0.478 e. The van der Waals surface area contributed by atoms with Gasteiger partial charge in [0.15, 0.2) is 17.5 Å². The summed E-state index contributed by atoms with van der Waals surface area (Å²) in [6, 6.07) is 2.25. The number of hydrogen-bond donors (Lipinski definition) is 1. The first-order chi connectivity index (χ1) is 8.50. The second kappa shape index (κ2) is 4.77. The molecule has 0 saturated carbocycles. The summed E-state index contributed by atoms with van der Waals surface area (Å²) >= 11 is 2.90. The molecular weight excluding hydrogens is 310 g/mol. The lowest BCUT2D eigenvalue weighted by Gasteiger charge is -2.04. The van der Waals surface area contributed by atoms with Crippen LogP contribution in [-0.2, 0) is 0 Å². The van der Waals surface area contributed by atoms with E-state index in [-0.39, 0.29) is 21.4 Å². The summed E-state index contributed by atoms with van der Waals surface area (Å²) in [6.45, 7) is 0. The molecule has 0 aliphatic rings. The quantitative estimate of drug-likeness (QED) is 0.866. The molecule has 0 atom stereocenters. The molecular formula is C11H5BrF2N2O2. The molecule has 1 N–H and O–H groups in total. The lowest BCUT2D eigenvalue weighted by molar-refractivity contribution is 0.0696. The Balaban J connectivity index is 2.49. The molecule has 0 bridgehead atoms. The van der Waals surface area contributed by atoms with Crippen molar-refractivity contribution in [2.45, 2.75) is 0 Å². The molecule has 0 unspecified atom stereocenters. The van der Waals surface area contributed by atoms with Gasteiger partial charge in [0.25, 0.3) is 0 Å². The van der Waals surface area contributed by atoms with E-state index in [0.29, 0.717) is 0 Å². The number of aromatic nitrogens is 2. The average molecular weight is 315 g/mol. The molecule has 0 saturated heterocycles. The van der Waals surface area contributed by atoms with Gasteiger partial charge in [0.2, 0.25) is 0 Å². The summed E-state index contributed by atoms with van der Waals surface area (Å²) in [5, 5.41) is 8.68. The molecule has 0 spiro atoms. The lowest BCUT2D eigenvalue weighted by atomic mass is 10.2. The van der Waals surface area contributed by atoms with Crippen LogP contribution in [-0.4, -0.2) is 21.0 Å². The van der Waals surface area contributed by atoms with E-state index in [1.165, 1.54) is 6.07 Å². The molecule has 0 fully saturated rings. The van der Waals surface area contributed by atoms with E-state index in [2.05, 4.69) is 25.9 Å². The highest BCUT2D eigenvalue weighted by atomic mass is 79.9. The minimum absolute atomic E-state index is 0.0857. The normalized spacial score (nSPS) is 10.4. The van der Waals surface area contributed by atoms with Gasteiger partial charge in [-0.25, -0.2) is 23.5 Å². The molecule has 0 radical (unpaired) electrons. The van der Waals surface area contributed by atoms with Crippen molar-refractivity contribution in [2.75, 3.05) is 0 Å². The molecule has 0 amide bonds. The van der Waals surface area contributed by atoms with Crippen LogP contribution in [0.4, 0.5) is 8.78 Å². The highest BCUT2D eigenvalue weighted by molar-refractivity contribution is 9.10. The Labute approximate surface area is 108 Å². The zero-order valence-corrected chi connectivity index (χ0v) is 10.3. The van der Waals surface area contributed by atoms with E-state index >= 15 is 0 Å². The van der Waals surface area contributed by atoms with Crippen LogP contribution in [0.5, 0.6) is 0 Å².